The Bertz CT molecular complexity index is 726. The van der Waals surface area contributed by atoms with E-state index in [9.17, 15) is 17.2 Å². The molecule has 0 radical (unpaired) electrons. The molecular weight excluding hydrogens is 354 g/mol. The molecule has 0 saturated heterocycles. The SMILES string of the molecule is Nc1ccc(S(=O)(=O)Nc2c(F)cc(Br)cc2F)cc1. The van der Waals surface area contributed by atoms with Crippen LogP contribution in [0.5, 0.6) is 0 Å². The second kappa shape index (κ2) is 5.37. The van der Waals surface area contributed by atoms with E-state index in [-0.39, 0.29) is 9.37 Å². The van der Waals surface area contributed by atoms with Gasteiger partial charge in [-0.2, -0.15) is 0 Å². The predicted molar refractivity (Wildman–Crippen MR) is 75.7 cm³/mol. The number of nitrogens with one attached hydrogen (secondary N) is 1. The van der Waals surface area contributed by atoms with Gasteiger partial charge in [-0.25, -0.2) is 17.2 Å². The van der Waals surface area contributed by atoms with Gasteiger partial charge in [0.05, 0.1) is 4.90 Å². The fourth-order valence-electron chi connectivity index (χ4n) is 1.48. The molecule has 0 aliphatic carbocycles. The van der Waals surface area contributed by atoms with E-state index in [2.05, 4.69) is 15.9 Å². The molecule has 2 aromatic carbocycles. The van der Waals surface area contributed by atoms with Gasteiger partial charge in [0.1, 0.15) is 5.69 Å². The molecule has 0 saturated carbocycles. The molecule has 0 spiro atoms. The molecule has 0 fully saturated rings. The molecule has 0 heterocycles. The fraction of sp³-hybridized carbons (Fsp3) is 0. The maximum Gasteiger partial charge on any atom is 0.262 e. The van der Waals surface area contributed by atoms with E-state index < -0.39 is 27.3 Å². The van der Waals surface area contributed by atoms with Crippen molar-refractivity contribution in [1.29, 1.82) is 0 Å². The monoisotopic (exact) mass is 362 g/mol. The normalized spacial score (nSPS) is 11.3. The largest absolute Gasteiger partial charge is 0.399 e. The maximum absolute atomic E-state index is 13.6. The number of nitrogen functional groups attached to an aromatic ring is 1. The van der Waals surface area contributed by atoms with Crippen molar-refractivity contribution in [1.82, 2.24) is 0 Å². The Hall–Kier alpha value is -1.67. The van der Waals surface area contributed by atoms with Crippen LogP contribution in [0.25, 0.3) is 0 Å². The number of benzene rings is 2. The summed E-state index contributed by atoms with van der Waals surface area (Å²) in [5, 5.41) is 0. The van der Waals surface area contributed by atoms with Crippen LogP contribution in [0.15, 0.2) is 45.8 Å². The summed E-state index contributed by atoms with van der Waals surface area (Å²) in [6, 6.07) is 7.16. The molecular formula is C12H9BrF2N2O2S. The Morgan fingerprint density at radius 2 is 1.55 bits per heavy atom. The minimum absolute atomic E-state index is 0.145. The summed E-state index contributed by atoms with van der Waals surface area (Å²) in [5.41, 5.74) is 5.10. The average Bonchev–Trinajstić information content (AvgIpc) is 2.34. The van der Waals surface area contributed by atoms with Crippen LogP contribution in [-0.4, -0.2) is 8.42 Å². The van der Waals surface area contributed by atoms with Crippen molar-refractivity contribution in [2.45, 2.75) is 4.90 Å². The van der Waals surface area contributed by atoms with E-state index in [1.165, 1.54) is 24.3 Å². The van der Waals surface area contributed by atoms with Crippen LogP contribution in [0.1, 0.15) is 0 Å². The van der Waals surface area contributed by atoms with Crippen molar-refractivity contribution in [2.24, 2.45) is 0 Å². The Kier molecular flexibility index (Phi) is 3.96. The summed E-state index contributed by atoms with van der Waals surface area (Å²) in [5.74, 6) is -2.04. The van der Waals surface area contributed by atoms with Crippen molar-refractivity contribution in [3.8, 4) is 0 Å². The van der Waals surface area contributed by atoms with Gasteiger partial charge in [0.25, 0.3) is 10.0 Å². The first-order valence-corrected chi connectivity index (χ1v) is 7.60. The van der Waals surface area contributed by atoms with E-state index in [4.69, 9.17) is 5.73 Å². The van der Waals surface area contributed by atoms with Gasteiger partial charge in [-0.15, -0.1) is 0 Å². The maximum atomic E-state index is 13.6. The second-order valence-electron chi connectivity index (χ2n) is 3.92. The van der Waals surface area contributed by atoms with Gasteiger partial charge in [0.2, 0.25) is 0 Å². The van der Waals surface area contributed by atoms with Gasteiger partial charge in [-0.3, -0.25) is 4.72 Å². The van der Waals surface area contributed by atoms with E-state index in [1.807, 2.05) is 4.72 Å². The Labute approximate surface area is 122 Å². The van der Waals surface area contributed by atoms with E-state index in [0.717, 1.165) is 12.1 Å². The van der Waals surface area contributed by atoms with Gasteiger partial charge >= 0.3 is 0 Å². The molecule has 2 aromatic rings. The summed E-state index contributed by atoms with van der Waals surface area (Å²) >= 11 is 2.91. The van der Waals surface area contributed by atoms with Crippen LogP contribution in [-0.2, 0) is 10.0 Å². The molecule has 0 aliphatic heterocycles. The standard InChI is InChI=1S/C12H9BrF2N2O2S/c13-7-5-10(14)12(11(15)6-7)17-20(18,19)9-3-1-8(16)2-4-9/h1-6,17H,16H2. The highest BCUT2D eigenvalue weighted by molar-refractivity contribution is 9.10. The Balaban J connectivity index is 2.41. The first kappa shape index (κ1) is 14.7. The fourth-order valence-corrected chi connectivity index (χ4v) is 2.96. The Morgan fingerprint density at radius 1 is 1.05 bits per heavy atom. The van der Waals surface area contributed by atoms with Crippen LogP contribution >= 0.6 is 15.9 Å². The number of hydrogen-bond acceptors (Lipinski definition) is 3. The molecule has 3 N–H and O–H groups in total. The number of halogens is 3. The molecule has 4 nitrogen and oxygen atoms in total. The smallest absolute Gasteiger partial charge is 0.262 e. The van der Waals surface area contributed by atoms with Crippen molar-refractivity contribution in [2.75, 3.05) is 10.5 Å². The zero-order chi connectivity index (χ0) is 14.9. The number of sulfonamides is 1. The average molecular weight is 363 g/mol. The molecule has 106 valence electrons. The van der Waals surface area contributed by atoms with Crippen molar-refractivity contribution in [3.05, 3.63) is 52.5 Å². The minimum atomic E-state index is -4.09. The van der Waals surface area contributed by atoms with Gasteiger partial charge in [-0.05, 0) is 36.4 Å². The highest BCUT2D eigenvalue weighted by Gasteiger charge is 2.19. The van der Waals surface area contributed by atoms with Gasteiger partial charge in [-0.1, -0.05) is 15.9 Å². The van der Waals surface area contributed by atoms with Gasteiger partial charge in [0.15, 0.2) is 11.6 Å². The van der Waals surface area contributed by atoms with Crippen molar-refractivity contribution in [3.63, 3.8) is 0 Å². The van der Waals surface area contributed by atoms with Crippen LogP contribution < -0.4 is 10.5 Å². The minimum Gasteiger partial charge on any atom is -0.399 e. The van der Waals surface area contributed by atoms with E-state index in [0.29, 0.717) is 5.69 Å². The second-order valence-corrected chi connectivity index (χ2v) is 6.52. The first-order chi connectivity index (χ1) is 9.29. The molecule has 2 rings (SSSR count). The summed E-state index contributed by atoms with van der Waals surface area (Å²) in [7, 11) is -4.09. The zero-order valence-electron chi connectivity index (χ0n) is 9.90. The van der Waals surface area contributed by atoms with Crippen molar-refractivity contribution < 1.29 is 17.2 Å². The van der Waals surface area contributed by atoms with Crippen LogP contribution in [0.3, 0.4) is 0 Å². The molecule has 0 bridgehead atoms. The highest BCUT2D eigenvalue weighted by atomic mass is 79.9. The number of hydrogen-bond donors (Lipinski definition) is 2. The highest BCUT2D eigenvalue weighted by Crippen LogP contribution is 2.26. The third-order valence-electron chi connectivity index (χ3n) is 2.43. The topological polar surface area (TPSA) is 72.2 Å². The lowest BCUT2D eigenvalue weighted by atomic mass is 10.3. The third kappa shape index (κ3) is 3.07. The molecule has 0 amide bonds. The number of rotatable bonds is 3. The van der Waals surface area contributed by atoms with Gasteiger partial charge < -0.3 is 5.73 Å². The van der Waals surface area contributed by atoms with E-state index >= 15 is 0 Å². The van der Waals surface area contributed by atoms with Crippen LogP contribution in [0.4, 0.5) is 20.2 Å². The number of nitrogens with two attached hydrogens (primary N) is 1. The molecule has 8 heteroatoms. The lowest BCUT2D eigenvalue weighted by molar-refractivity contribution is 0.582. The first-order valence-electron chi connectivity index (χ1n) is 5.32. The lowest BCUT2D eigenvalue weighted by Crippen LogP contribution is -2.15. The quantitative estimate of drug-likeness (QED) is 0.824. The van der Waals surface area contributed by atoms with Crippen LogP contribution in [0, 0.1) is 11.6 Å². The van der Waals surface area contributed by atoms with E-state index in [1.54, 1.807) is 0 Å². The summed E-state index contributed by atoms with van der Waals surface area (Å²) in [4.78, 5) is -0.145. The molecule has 0 unspecified atom stereocenters. The van der Waals surface area contributed by atoms with Crippen LogP contribution in [0.2, 0.25) is 0 Å². The predicted octanol–water partition coefficient (Wildman–Crippen LogP) is 3.11. The third-order valence-corrected chi connectivity index (χ3v) is 4.26. The summed E-state index contributed by atoms with van der Waals surface area (Å²) in [6.07, 6.45) is 0. The van der Waals surface area contributed by atoms with Crippen molar-refractivity contribution >= 4 is 37.3 Å². The summed E-state index contributed by atoms with van der Waals surface area (Å²) < 4.78 is 53.3. The number of anilines is 2. The molecule has 0 aromatic heterocycles. The molecule has 20 heavy (non-hydrogen) atoms. The zero-order valence-corrected chi connectivity index (χ0v) is 12.3. The lowest BCUT2D eigenvalue weighted by Gasteiger charge is -2.10. The molecule has 0 aliphatic rings. The summed E-state index contributed by atoms with van der Waals surface area (Å²) in [6.45, 7) is 0. The molecule has 0 atom stereocenters. The van der Waals surface area contributed by atoms with Gasteiger partial charge in [0, 0.05) is 10.2 Å². The Morgan fingerprint density at radius 3 is 2.05 bits per heavy atom.